The van der Waals surface area contributed by atoms with Crippen molar-refractivity contribution >= 4 is 22.6 Å². The van der Waals surface area contributed by atoms with Crippen molar-refractivity contribution in [2.75, 3.05) is 0 Å². The molecule has 0 fully saturated rings. The summed E-state index contributed by atoms with van der Waals surface area (Å²) < 4.78 is 0.821. The molecule has 0 saturated carbocycles. The van der Waals surface area contributed by atoms with Crippen LogP contribution >= 0.6 is 22.6 Å². The van der Waals surface area contributed by atoms with Gasteiger partial charge >= 0.3 is 0 Å². The van der Waals surface area contributed by atoms with Gasteiger partial charge in [-0.15, -0.1) is 0 Å². The van der Waals surface area contributed by atoms with E-state index in [1.807, 2.05) is 0 Å². The van der Waals surface area contributed by atoms with Crippen LogP contribution in [0.1, 0.15) is 26.2 Å². The largest absolute Gasteiger partial charge is 0.0781 e. The third-order valence-electron chi connectivity index (χ3n) is 1.52. The van der Waals surface area contributed by atoms with E-state index in [0.717, 1.165) is 3.92 Å². The first-order valence-electron chi connectivity index (χ1n) is 3.10. The molecule has 0 nitrogen and oxygen atoms in total. The second-order valence-corrected chi connectivity index (χ2v) is 4.02. The maximum Gasteiger partial charge on any atom is 0.0292 e. The standard InChI is InChI=1S/C7H11I/c1-6-3-2-4-7(8)5-6/h5,7H,2-4H2,1H3. The SMILES string of the molecule is CC1=CC(I)CCC1. The van der Waals surface area contributed by atoms with Crippen LogP contribution in [0.3, 0.4) is 0 Å². The van der Waals surface area contributed by atoms with Gasteiger partial charge < -0.3 is 0 Å². The quantitative estimate of drug-likeness (QED) is 0.336. The fourth-order valence-electron chi connectivity index (χ4n) is 1.05. The molecular formula is C7H11I. The molecule has 0 aromatic carbocycles. The first kappa shape index (κ1) is 6.59. The molecule has 0 radical (unpaired) electrons. The van der Waals surface area contributed by atoms with Crippen molar-refractivity contribution in [3.05, 3.63) is 11.6 Å². The molecule has 0 aromatic heterocycles. The molecule has 0 spiro atoms. The second kappa shape index (κ2) is 2.85. The predicted octanol–water partition coefficient (Wildman–Crippen LogP) is 2.92. The first-order valence-corrected chi connectivity index (χ1v) is 4.35. The van der Waals surface area contributed by atoms with Crippen molar-refractivity contribution in [2.24, 2.45) is 0 Å². The van der Waals surface area contributed by atoms with Crippen LogP contribution in [0.4, 0.5) is 0 Å². The topological polar surface area (TPSA) is 0 Å². The molecule has 0 heterocycles. The molecular weight excluding hydrogens is 211 g/mol. The van der Waals surface area contributed by atoms with Crippen LogP contribution in [0.5, 0.6) is 0 Å². The van der Waals surface area contributed by atoms with Crippen LogP contribution in [0.15, 0.2) is 11.6 Å². The van der Waals surface area contributed by atoms with Gasteiger partial charge in [-0.1, -0.05) is 34.2 Å². The van der Waals surface area contributed by atoms with Crippen LogP contribution in [0.25, 0.3) is 0 Å². The van der Waals surface area contributed by atoms with E-state index in [0.29, 0.717) is 0 Å². The van der Waals surface area contributed by atoms with E-state index in [4.69, 9.17) is 0 Å². The van der Waals surface area contributed by atoms with Gasteiger partial charge in [0, 0.05) is 3.92 Å². The Morgan fingerprint density at radius 2 is 2.50 bits per heavy atom. The van der Waals surface area contributed by atoms with Gasteiger partial charge in [-0.2, -0.15) is 0 Å². The molecule has 46 valence electrons. The molecule has 1 unspecified atom stereocenters. The number of halogens is 1. The highest BCUT2D eigenvalue weighted by Gasteiger charge is 2.05. The van der Waals surface area contributed by atoms with E-state index in [2.05, 4.69) is 35.6 Å². The third-order valence-corrected chi connectivity index (χ3v) is 2.50. The highest BCUT2D eigenvalue weighted by Crippen LogP contribution is 2.22. The zero-order valence-electron chi connectivity index (χ0n) is 5.15. The maximum atomic E-state index is 2.50. The first-order chi connectivity index (χ1) is 3.79. The Morgan fingerprint density at radius 3 is 2.88 bits per heavy atom. The highest BCUT2D eigenvalue weighted by molar-refractivity contribution is 14.1. The van der Waals surface area contributed by atoms with Gasteiger partial charge in [0.1, 0.15) is 0 Å². The Bertz CT molecular complexity index is 105. The summed E-state index contributed by atoms with van der Waals surface area (Å²) in [6, 6.07) is 0. The highest BCUT2D eigenvalue weighted by atomic mass is 127. The van der Waals surface area contributed by atoms with Crippen molar-refractivity contribution in [3.63, 3.8) is 0 Å². The fraction of sp³-hybridized carbons (Fsp3) is 0.714. The van der Waals surface area contributed by atoms with Crippen LogP contribution in [-0.2, 0) is 0 Å². The summed E-state index contributed by atoms with van der Waals surface area (Å²) in [6.07, 6.45) is 6.50. The Hall–Kier alpha value is 0.470. The summed E-state index contributed by atoms with van der Waals surface area (Å²) in [4.78, 5) is 0. The smallest absolute Gasteiger partial charge is 0.0292 e. The van der Waals surface area contributed by atoms with Crippen LogP contribution < -0.4 is 0 Å². The number of rotatable bonds is 0. The average molecular weight is 222 g/mol. The molecule has 1 aliphatic rings. The molecule has 0 saturated heterocycles. The van der Waals surface area contributed by atoms with Crippen LogP contribution in [0, 0.1) is 0 Å². The van der Waals surface area contributed by atoms with Gasteiger partial charge in [0.05, 0.1) is 0 Å². The zero-order valence-corrected chi connectivity index (χ0v) is 7.31. The Balaban J connectivity index is 2.50. The normalized spacial score (nSPS) is 29.8. The maximum absolute atomic E-state index is 2.50. The van der Waals surface area contributed by atoms with Gasteiger partial charge in [0.25, 0.3) is 0 Å². The monoisotopic (exact) mass is 222 g/mol. The van der Waals surface area contributed by atoms with Crippen molar-refractivity contribution in [2.45, 2.75) is 30.1 Å². The molecule has 8 heavy (non-hydrogen) atoms. The lowest BCUT2D eigenvalue weighted by Crippen LogP contribution is -1.99. The molecule has 0 aromatic rings. The molecule has 1 aliphatic carbocycles. The van der Waals surface area contributed by atoms with E-state index < -0.39 is 0 Å². The van der Waals surface area contributed by atoms with E-state index in [-0.39, 0.29) is 0 Å². The van der Waals surface area contributed by atoms with Gasteiger partial charge in [-0.05, 0) is 26.2 Å². The molecule has 1 atom stereocenters. The van der Waals surface area contributed by atoms with Crippen molar-refractivity contribution in [3.8, 4) is 0 Å². The van der Waals surface area contributed by atoms with E-state index in [1.54, 1.807) is 5.57 Å². The lowest BCUT2D eigenvalue weighted by atomic mass is 10.0. The number of alkyl halides is 1. The molecule has 0 amide bonds. The van der Waals surface area contributed by atoms with Crippen LogP contribution in [-0.4, -0.2) is 3.92 Å². The average Bonchev–Trinajstić information content (AvgIpc) is 1.64. The summed E-state index contributed by atoms with van der Waals surface area (Å²) in [5.74, 6) is 0. The van der Waals surface area contributed by atoms with Crippen molar-refractivity contribution in [1.29, 1.82) is 0 Å². The number of hydrogen-bond acceptors (Lipinski definition) is 0. The second-order valence-electron chi connectivity index (χ2n) is 2.42. The van der Waals surface area contributed by atoms with E-state index >= 15 is 0 Å². The van der Waals surface area contributed by atoms with Crippen molar-refractivity contribution in [1.82, 2.24) is 0 Å². The molecule has 1 heteroatoms. The molecule has 0 aliphatic heterocycles. The molecule has 0 N–H and O–H groups in total. The zero-order chi connectivity index (χ0) is 5.98. The fourth-order valence-corrected chi connectivity index (χ4v) is 2.11. The van der Waals surface area contributed by atoms with Gasteiger partial charge in [0.15, 0.2) is 0 Å². The number of hydrogen-bond donors (Lipinski definition) is 0. The third kappa shape index (κ3) is 1.77. The lowest BCUT2D eigenvalue weighted by molar-refractivity contribution is 0.723. The van der Waals surface area contributed by atoms with Gasteiger partial charge in [0.2, 0.25) is 0 Å². The number of allylic oxidation sites excluding steroid dienone is 2. The van der Waals surface area contributed by atoms with Crippen LogP contribution in [0.2, 0.25) is 0 Å². The minimum atomic E-state index is 0.821. The van der Waals surface area contributed by atoms with Gasteiger partial charge in [-0.3, -0.25) is 0 Å². The Labute approximate surface area is 64.5 Å². The predicted molar refractivity (Wildman–Crippen MR) is 45.4 cm³/mol. The minimum absolute atomic E-state index is 0.821. The summed E-state index contributed by atoms with van der Waals surface area (Å²) in [6.45, 7) is 2.23. The minimum Gasteiger partial charge on any atom is -0.0781 e. The Kier molecular flexibility index (Phi) is 2.35. The summed E-state index contributed by atoms with van der Waals surface area (Å²) in [7, 11) is 0. The lowest BCUT2D eigenvalue weighted by Gasteiger charge is -2.12. The molecule has 0 bridgehead atoms. The van der Waals surface area contributed by atoms with E-state index in [9.17, 15) is 0 Å². The van der Waals surface area contributed by atoms with Gasteiger partial charge in [-0.25, -0.2) is 0 Å². The Morgan fingerprint density at radius 1 is 1.75 bits per heavy atom. The summed E-state index contributed by atoms with van der Waals surface area (Å²) in [5.41, 5.74) is 1.58. The summed E-state index contributed by atoms with van der Waals surface area (Å²) >= 11 is 2.50. The van der Waals surface area contributed by atoms with Crippen molar-refractivity contribution < 1.29 is 0 Å². The summed E-state index contributed by atoms with van der Waals surface area (Å²) in [5, 5.41) is 0. The van der Waals surface area contributed by atoms with E-state index in [1.165, 1.54) is 19.3 Å². The molecule has 1 rings (SSSR count).